The molecule has 18 heavy (non-hydrogen) atoms. The third kappa shape index (κ3) is 4.02. The van der Waals surface area contributed by atoms with Crippen LogP contribution in [0.1, 0.15) is 27.7 Å². The molecule has 1 heterocycles. The van der Waals surface area contributed by atoms with Crippen LogP contribution < -0.4 is 10.9 Å². The smallest absolute Gasteiger partial charge is 0.293 e. The molecule has 0 aromatic carbocycles. The van der Waals surface area contributed by atoms with Crippen LogP contribution in [0.25, 0.3) is 0 Å². The van der Waals surface area contributed by atoms with Crippen molar-refractivity contribution in [2.45, 2.75) is 40.3 Å². The fourth-order valence-corrected chi connectivity index (χ4v) is 1.84. The van der Waals surface area contributed by atoms with E-state index in [9.17, 15) is 4.79 Å². The number of anilines is 1. The van der Waals surface area contributed by atoms with E-state index in [0.29, 0.717) is 24.2 Å². The summed E-state index contributed by atoms with van der Waals surface area (Å²) in [6.45, 7) is 8.92. The summed E-state index contributed by atoms with van der Waals surface area (Å²) in [5.41, 5.74) is -0.0696. The lowest BCUT2D eigenvalue weighted by Gasteiger charge is -2.19. The highest BCUT2D eigenvalue weighted by atomic mass is 35.5. The SMILES string of the molecule is CC(C)Cn1ccnc(NC(C)C(C)CCl)c1=O. The van der Waals surface area contributed by atoms with Gasteiger partial charge in [0, 0.05) is 30.9 Å². The average molecular weight is 272 g/mol. The molecule has 0 aliphatic heterocycles. The normalized spacial score (nSPS) is 14.6. The van der Waals surface area contributed by atoms with Gasteiger partial charge >= 0.3 is 0 Å². The van der Waals surface area contributed by atoms with Gasteiger partial charge in [0.25, 0.3) is 5.56 Å². The second-order valence-electron chi connectivity index (χ2n) is 5.19. The molecule has 0 saturated carbocycles. The molecular formula is C13H22ClN3O. The molecule has 1 rings (SSSR count). The summed E-state index contributed by atoms with van der Waals surface area (Å²) in [6, 6.07) is 0.123. The van der Waals surface area contributed by atoms with Gasteiger partial charge in [0.15, 0.2) is 5.82 Å². The maximum Gasteiger partial charge on any atom is 0.293 e. The lowest BCUT2D eigenvalue weighted by molar-refractivity contribution is 0.507. The van der Waals surface area contributed by atoms with Crippen molar-refractivity contribution in [2.75, 3.05) is 11.2 Å². The van der Waals surface area contributed by atoms with Crippen LogP contribution in [0.2, 0.25) is 0 Å². The molecule has 2 atom stereocenters. The monoisotopic (exact) mass is 271 g/mol. The second-order valence-corrected chi connectivity index (χ2v) is 5.50. The van der Waals surface area contributed by atoms with Gasteiger partial charge in [-0.05, 0) is 18.8 Å². The Hall–Kier alpha value is -1.03. The zero-order valence-electron chi connectivity index (χ0n) is 11.5. The first-order chi connectivity index (χ1) is 8.45. The Kier molecular flexibility index (Phi) is 5.66. The van der Waals surface area contributed by atoms with Gasteiger partial charge in [-0.15, -0.1) is 11.6 Å². The van der Waals surface area contributed by atoms with Gasteiger partial charge in [-0.25, -0.2) is 4.98 Å². The number of aromatic nitrogens is 2. The van der Waals surface area contributed by atoms with Crippen molar-refractivity contribution in [1.82, 2.24) is 9.55 Å². The Morgan fingerprint density at radius 2 is 2.06 bits per heavy atom. The molecule has 4 nitrogen and oxygen atoms in total. The van der Waals surface area contributed by atoms with Crippen LogP contribution in [0.4, 0.5) is 5.82 Å². The molecule has 0 radical (unpaired) electrons. The maximum absolute atomic E-state index is 12.2. The average Bonchev–Trinajstić information content (AvgIpc) is 2.32. The van der Waals surface area contributed by atoms with E-state index in [1.807, 2.05) is 13.8 Å². The topological polar surface area (TPSA) is 46.9 Å². The largest absolute Gasteiger partial charge is 0.363 e. The molecule has 1 N–H and O–H groups in total. The molecule has 102 valence electrons. The minimum absolute atomic E-state index is 0.0696. The first-order valence-corrected chi connectivity index (χ1v) is 6.87. The van der Waals surface area contributed by atoms with E-state index in [4.69, 9.17) is 11.6 Å². The lowest BCUT2D eigenvalue weighted by Crippen LogP contribution is -2.32. The van der Waals surface area contributed by atoms with Crippen LogP contribution in [0.15, 0.2) is 17.2 Å². The molecule has 0 bridgehead atoms. The highest BCUT2D eigenvalue weighted by Crippen LogP contribution is 2.09. The zero-order valence-corrected chi connectivity index (χ0v) is 12.2. The summed E-state index contributed by atoms with van der Waals surface area (Å²) in [5, 5.41) is 3.15. The van der Waals surface area contributed by atoms with Crippen molar-refractivity contribution in [1.29, 1.82) is 0 Å². The number of hydrogen-bond acceptors (Lipinski definition) is 3. The van der Waals surface area contributed by atoms with E-state index >= 15 is 0 Å². The third-order valence-corrected chi connectivity index (χ3v) is 3.42. The Bertz CT molecular complexity index is 430. The third-order valence-electron chi connectivity index (χ3n) is 2.94. The molecular weight excluding hydrogens is 250 g/mol. The summed E-state index contributed by atoms with van der Waals surface area (Å²) in [7, 11) is 0. The van der Waals surface area contributed by atoms with Gasteiger partial charge in [0.1, 0.15) is 0 Å². The summed E-state index contributed by atoms with van der Waals surface area (Å²) in [4.78, 5) is 16.3. The van der Waals surface area contributed by atoms with E-state index in [-0.39, 0.29) is 17.5 Å². The first-order valence-electron chi connectivity index (χ1n) is 6.33. The number of halogens is 1. The molecule has 2 unspecified atom stereocenters. The predicted molar refractivity (Wildman–Crippen MR) is 76.3 cm³/mol. The quantitative estimate of drug-likeness (QED) is 0.809. The summed E-state index contributed by atoms with van der Waals surface area (Å²) < 4.78 is 1.69. The van der Waals surface area contributed by atoms with E-state index in [2.05, 4.69) is 24.1 Å². The number of nitrogens with zero attached hydrogens (tertiary/aromatic N) is 2. The van der Waals surface area contributed by atoms with Crippen molar-refractivity contribution in [3.63, 3.8) is 0 Å². The Labute approximate surface area is 113 Å². The van der Waals surface area contributed by atoms with Crippen LogP contribution in [0.5, 0.6) is 0 Å². The van der Waals surface area contributed by atoms with Crippen molar-refractivity contribution in [3.8, 4) is 0 Å². The van der Waals surface area contributed by atoms with Gasteiger partial charge in [0.2, 0.25) is 0 Å². The lowest BCUT2D eigenvalue weighted by atomic mass is 10.1. The predicted octanol–water partition coefficient (Wildman–Crippen LogP) is 2.57. The van der Waals surface area contributed by atoms with Crippen LogP contribution in [-0.4, -0.2) is 21.5 Å². The number of hydrogen-bond donors (Lipinski definition) is 1. The molecule has 0 spiro atoms. The highest BCUT2D eigenvalue weighted by molar-refractivity contribution is 6.18. The van der Waals surface area contributed by atoms with Gasteiger partial charge in [-0.1, -0.05) is 20.8 Å². The number of alkyl halides is 1. The molecule has 0 aliphatic carbocycles. The zero-order chi connectivity index (χ0) is 13.7. The number of nitrogens with one attached hydrogen (secondary N) is 1. The maximum atomic E-state index is 12.2. The minimum atomic E-state index is -0.0696. The highest BCUT2D eigenvalue weighted by Gasteiger charge is 2.14. The van der Waals surface area contributed by atoms with E-state index in [1.165, 1.54) is 0 Å². The van der Waals surface area contributed by atoms with E-state index in [1.54, 1.807) is 17.0 Å². The van der Waals surface area contributed by atoms with Crippen molar-refractivity contribution < 1.29 is 0 Å². The Morgan fingerprint density at radius 1 is 1.39 bits per heavy atom. The molecule has 1 aromatic rings. The van der Waals surface area contributed by atoms with Gasteiger partial charge in [-0.2, -0.15) is 0 Å². The minimum Gasteiger partial charge on any atom is -0.363 e. The van der Waals surface area contributed by atoms with Crippen molar-refractivity contribution >= 4 is 17.4 Å². The summed E-state index contributed by atoms with van der Waals surface area (Å²) in [6.07, 6.45) is 3.38. The fraction of sp³-hybridized carbons (Fsp3) is 0.692. The van der Waals surface area contributed by atoms with E-state index < -0.39 is 0 Å². The van der Waals surface area contributed by atoms with Crippen LogP contribution in [0, 0.1) is 11.8 Å². The molecule has 0 amide bonds. The molecule has 0 aliphatic rings. The van der Waals surface area contributed by atoms with Gasteiger partial charge in [0.05, 0.1) is 0 Å². The van der Waals surface area contributed by atoms with Crippen molar-refractivity contribution in [3.05, 3.63) is 22.7 Å². The van der Waals surface area contributed by atoms with Gasteiger partial charge in [-0.3, -0.25) is 4.79 Å². The van der Waals surface area contributed by atoms with Crippen LogP contribution in [0.3, 0.4) is 0 Å². The molecule has 5 heteroatoms. The Balaban J connectivity index is 2.87. The molecule has 1 aromatic heterocycles. The Morgan fingerprint density at radius 3 is 2.61 bits per heavy atom. The summed E-state index contributed by atoms with van der Waals surface area (Å²) in [5.74, 6) is 1.67. The molecule has 0 fully saturated rings. The molecule has 0 saturated heterocycles. The standard InChI is InChI=1S/C13H22ClN3O/c1-9(2)8-17-6-5-15-12(13(17)18)16-11(4)10(3)7-14/h5-6,9-11H,7-8H2,1-4H3,(H,15,16). The second kappa shape index (κ2) is 6.78. The van der Waals surface area contributed by atoms with Crippen molar-refractivity contribution in [2.24, 2.45) is 11.8 Å². The number of rotatable bonds is 6. The fourth-order valence-electron chi connectivity index (χ4n) is 1.57. The summed E-state index contributed by atoms with van der Waals surface area (Å²) >= 11 is 5.81. The van der Waals surface area contributed by atoms with Gasteiger partial charge < -0.3 is 9.88 Å². The first kappa shape index (κ1) is 15.0. The van der Waals surface area contributed by atoms with Crippen LogP contribution in [-0.2, 0) is 6.54 Å². The van der Waals surface area contributed by atoms with E-state index in [0.717, 1.165) is 0 Å². The van der Waals surface area contributed by atoms with Crippen LogP contribution >= 0.6 is 11.6 Å².